The van der Waals surface area contributed by atoms with Gasteiger partial charge >= 0.3 is 12.1 Å². The second-order valence-corrected chi connectivity index (χ2v) is 9.16. The first-order chi connectivity index (χ1) is 19.0. The quantitative estimate of drug-likeness (QED) is 0.332. The Morgan fingerprint density at radius 1 is 1.13 bits per heavy atom. The van der Waals surface area contributed by atoms with Gasteiger partial charge in [0.25, 0.3) is 0 Å². The van der Waals surface area contributed by atoms with Crippen LogP contribution in [0.3, 0.4) is 0 Å². The molecule has 1 aromatic heterocycles. The number of methoxy groups -OCH3 is 1. The lowest BCUT2D eigenvalue weighted by molar-refractivity contribution is 0.0664. The van der Waals surface area contributed by atoms with Crippen molar-refractivity contribution in [2.45, 2.75) is 38.3 Å². The van der Waals surface area contributed by atoms with Crippen LogP contribution in [0.1, 0.15) is 31.2 Å². The fraction of sp³-hybridized carbons (Fsp3) is 0.357. The fourth-order valence-electron chi connectivity index (χ4n) is 4.42. The molecule has 11 nitrogen and oxygen atoms in total. The third-order valence-electron chi connectivity index (χ3n) is 6.28. The van der Waals surface area contributed by atoms with Crippen molar-refractivity contribution in [1.29, 1.82) is 5.26 Å². The first kappa shape index (κ1) is 27.5. The molecule has 2 aromatic carbocycles. The number of aromatic nitrogens is 1. The van der Waals surface area contributed by atoms with Gasteiger partial charge in [0.1, 0.15) is 11.9 Å². The van der Waals surface area contributed by atoms with Crippen LogP contribution in [0.4, 0.5) is 21.0 Å². The predicted molar refractivity (Wildman–Crippen MR) is 145 cm³/mol. The van der Waals surface area contributed by atoms with Crippen molar-refractivity contribution in [2.24, 2.45) is 0 Å². The smallest absolute Gasteiger partial charge is 0.407 e. The number of nitrogens with one attached hydrogen (secondary N) is 3. The Labute approximate surface area is 227 Å². The number of hydrogen-bond acceptors (Lipinski definition) is 8. The van der Waals surface area contributed by atoms with Gasteiger partial charge < -0.3 is 29.8 Å². The van der Waals surface area contributed by atoms with Crippen molar-refractivity contribution < 1.29 is 23.5 Å². The Hall–Kier alpha value is -4.56. The van der Waals surface area contributed by atoms with Crippen molar-refractivity contribution in [3.63, 3.8) is 0 Å². The van der Waals surface area contributed by atoms with Crippen LogP contribution in [0.5, 0.6) is 5.75 Å². The summed E-state index contributed by atoms with van der Waals surface area (Å²) in [5, 5.41) is 17.4. The first-order valence-electron chi connectivity index (χ1n) is 12.8. The molecule has 4 rings (SSSR count). The van der Waals surface area contributed by atoms with Gasteiger partial charge in [-0.15, -0.1) is 0 Å². The molecule has 3 N–H and O–H groups in total. The number of carbonyl (C=O) groups excluding carboxylic acids is 2. The number of oxazole rings is 1. The second-order valence-electron chi connectivity index (χ2n) is 9.16. The Bertz CT molecular complexity index is 1280. The number of piperidine rings is 1. The molecule has 0 saturated carbocycles. The molecule has 3 amide bonds. The molecule has 1 aliphatic rings. The Morgan fingerprint density at radius 2 is 1.92 bits per heavy atom. The number of urea groups is 1. The summed E-state index contributed by atoms with van der Waals surface area (Å²) in [5.74, 6) is 1.08. The second kappa shape index (κ2) is 13.8. The molecule has 11 heteroatoms. The predicted octanol–water partition coefficient (Wildman–Crippen LogP) is 4.99. The summed E-state index contributed by atoms with van der Waals surface area (Å²) in [4.78, 5) is 31.2. The van der Waals surface area contributed by atoms with Gasteiger partial charge in [-0.05, 0) is 55.8 Å². The van der Waals surface area contributed by atoms with Crippen LogP contribution in [0.25, 0.3) is 11.3 Å². The number of carbonyl (C=O) groups is 2. The van der Waals surface area contributed by atoms with E-state index >= 15 is 0 Å². The van der Waals surface area contributed by atoms with E-state index in [-0.39, 0.29) is 13.0 Å². The lowest BCUT2D eigenvalue weighted by Crippen LogP contribution is -2.39. The van der Waals surface area contributed by atoms with Crippen molar-refractivity contribution in [3.05, 3.63) is 60.6 Å². The van der Waals surface area contributed by atoms with Gasteiger partial charge in [-0.1, -0.05) is 18.6 Å². The van der Waals surface area contributed by atoms with E-state index in [4.69, 9.17) is 19.2 Å². The zero-order chi connectivity index (χ0) is 27.5. The van der Waals surface area contributed by atoms with Crippen molar-refractivity contribution in [3.8, 4) is 23.1 Å². The molecule has 0 spiro atoms. The monoisotopic (exact) mass is 532 g/mol. The van der Waals surface area contributed by atoms with Crippen LogP contribution in [-0.4, -0.2) is 54.9 Å². The number of nitriles is 1. The number of nitrogens with zero attached hydrogens (tertiary/aromatic N) is 3. The van der Waals surface area contributed by atoms with Crippen LogP contribution in [0.2, 0.25) is 0 Å². The van der Waals surface area contributed by atoms with Gasteiger partial charge in [-0.25, -0.2) is 14.6 Å². The van der Waals surface area contributed by atoms with Crippen LogP contribution < -0.4 is 20.7 Å². The number of anilines is 2. The number of alkyl carbamates (subject to hydrolysis) is 1. The largest absolute Gasteiger partial charge is 0.496 e. The third-order valence-corrected chi connectivity index (χ3v) is 6.28. The maximum Gasteiger partial charge on any atom is 0.407 e. The van der Waals surface area contributed by atoms with Gasteiger partial charge in [0.15, 0.2) is 12.2 Å². The van der Waals surface area contributed by atoms with E-state index in [0.29, 0.717) is 35.0 Å². The van der Waals surface area contributed by atoms with Gasteiger partial charge in [0.05, 0.1) is 31.4 Å². The number of hydrogen-bond donors (Lipinski definition) is 3. The standard InChI is InChI=1S/C28H32N6O5/c1-37-25-15-22(8-9-24(25)26-17-30-19-38-26)33-27(35)32-21-7-5-6-20(14-21)16-31-28(36)39-23(10-11-29)18-34-12-3-2-4-13-34/h5-9,14-15,17,19,23H,2-4,10,12-13,16,18H2,1H3,(H,31,36)(H2,32,33,35). The van der Waals surface area contributed by atoms with E-state index in [0.717, 1.165) is 31.5 Å². The highest BCUT2D eigenvalue weighted by atomic mass is 16.6. The molecule has 0 bridgehead atoms. The van der Waals surface area contributed by atoms with E-state index in [1.165, 1.54) is 19.9 Å². The lowest BCUT2D eigenvalue weighted by atomic mass is 10.1. The molecule has 1 fully saturated rings. The van der Waals surface area contributed by atoms with E-state index in [1.807, 2.05) is 6.07 Å². The molecular formula is C28H32N6O5. The zero-order valence-electron chi connectivity index (χ0n) is 21.8. The SMILES string of the molecule is COc1cc(NC(=O)Nc2cccc(CNC(=O)OC(CC#N)CN3CCCCC3)c2)ccc1-c1cnco1. The van der Waals surface area contributed by atoms with Gasteiger partial charge in [-0.2, -0.15) is 5.26 Å². The molecule has 1 saturated heterocycles. The van der Waals surface area contributed by atoms with Crippen LogP contribution >= 0.6 is 0 Å². The number of ether oxygens (including phenoxy) is 2. The summed E-state index contributed by atoms with van der Waals surface area (Å²) >= 11 is 0. The van der Waals surface area contributed by atoms with E-state index in [9.17, 15) is 9.59 Å². The lowest BCUT2D eigenvalue weighted by Gasteiger charge is -2.29. The normalized spacial score (nSPS) is 14.1. The molecule has 1 aliphatic heterocycles. The minimum absolute atomic E-state index is 0.146. The molecule has 3 aromatic rings. The van der Waals surface area contributed by atoms with Crippen molar-refractivity contribution >= 4 is 23.5 Å². The van der Waals surface area contributed by atoms with Gasteiger partial charge in [-0.3, -0.25) is 4.90 Å². The summed E-state index contributed by atoms with van der Waals surface area (Å²) in [6, 6.07) is 14.0. The average Bonchev–Trinajstić information content (AvgIpc) is 3.47. The van der Waals surface area contributed by atoms with E-state index in [1.54, 1.807) is 42.6 Å². The van der Waals surface area contributed by atoms with Crippen LogP contribution in [0, 0.1) is 11.3 Å². The highest BCUT2D eigenvalue weighted by Crippen LogP contribution is 2.32. The summed E-state index contributed by atoms with van der Waals surface area (Å²) in [6.07, 6.45) is 5.47. The molecular weight excluding hydrogens is 500 g/mol. The fourth-order valence-corrected chi connectivity index (χ4v) is 4.42. The summed E-state index contributed by atoms with van der Waals surface area (Å²) in [5.41, 5.74) is 2.57. The highest BCUT2D eigenvalue weighted by molar-refractivity contribution is 6.00. The minimum Gasteiger partial charge on any atom is -0.496 e. The number of rotatable bonds is 10. The van der Waals surface area contributed by atoms with Crippen molar-refractivity contribution in [2.75, 3.05) is 37.4 Å². The Kier molecular flexibility index (Phi) is 9.74. The maximum absolute atomic E-state index is 12.6. The van der Waals surface area contributed by atoms with Crippen molar-refractivity contribution in [1.82, 2.24) is 15.2 Å². The van der Waals surface area contributed by atoms with Gasteiger partial charge in [0, 0.05) is 30.5 Å². The number of amides is 3. The summed E-state index contributed by atoms with van der Waals surface area (Å²) in [6.45, 7) is 2.69. The number of benzene rings is 2. The molecule has 1 unspecified atom stereocenters. The van der Waals surface area contributed by atoms with Crippen LogP contribution in [0.15, 0.2) is 59.5 Å². The third kappa shape index (κ3) is 8.21. The Balaban J connectivity index is 1.27. The van der Waals surface area contributed by atoms with E-state index < -0.39 is 18.2 Å². The minimum atomic E-state index is -0.578. The molecule has 1 atom stereocenters. The summed E-state index contributed by atoms with van der Waals surface area (Å²) in [7, 11) is 1.53. The molecule has 204 valence electrons. The highest BCUT2D eigenvalue weighted by Gasteiger charge is 2.20. The molecule has 0 radical (unpaired) electrons. The van der Waals surface area contributed by atoms with Crippen LogP contribution in [-0.2, 0) is 11.3 Å². The zero-order valence-corrected chi connectivity index (χ0v) is 21.8. The molecule has 2 heterocycles. The number of likely N-dealkylation sites (tertiary alicyclic amines) is 1. The maximum atomic E-state index is 12.6. The average molecular weight is 533 g/mol. The summed E-state index contributed by atoms with van der Waals surface area (Å²) < 4.78 is 16.3. The first-order valence-corrected chi connectivity index (χ1v) is 12.8. The Morgan fingerprint density at radius 3 is 2.64 bits per heavy atom. The molecule has 39 heavy (non-hydrogen) atoms. The van der Waals surface area contributed by atoms with Gasteiger partial charge in [0.2, 0.25) is 0 Å². The topological polar surface area (TPSA) is 142 Å². The van der Waals surface area contributed by atoms with E-state index in [2.05, 4.69) is 31.9 Å². The molecule has 0 aliphatic carbocycles.